The molecule has 1 unspecified atom stereocenters. The summed E-state index contributed by atoms with van der Waals surface area (Å²) in [6, 6.07) is 16.6. The minimum Gasteiger partial charge on any atom is -0.452 e. The van der Waals surface area contributed by atoms with Crippen molar-refractivity contribution < 1.29 is 19.1 Å². The van der Waals surface area contributed by atoms with E-state index in [4.69, 9.17) is 4.74 Å². The van der Waals surface area contributed by atoms with Gasteiger partial charge in [0.05, 0.1) is 11.6 Å². The van der Waals surface area contributed by atoms with Gasteiger partial charge in [-0.2, -0.15) is 0 Å². The van der Waals surface area contributed by atoms with Crippen LogP contribution in [0.15, 0.2) is 54.6 Å². The molecule has 0 saturated carbocycles. The Morgan fingerprint density at radius 2 is 1.90 bits per heavy atom. The first-order valence-electron chi connectivity index (χ1n) is 9.80. The SMILES string of the molecule is CC(c1ccccc1)N(C)C(=O)COC(=O)c1cccc(CN2CCCC2=O)c1. The molecule has 0 aromatic heterocycles. The van der Waals surface area contributed by atoms with E-state index in [1.54, 1.807) is 35.0 Å². The Kier molecular flexibility index (Phi) is 6.65. The standard InChI is InChI=1S/C23H26N2O4/c1-17(19-9-4-3-5-10-19)24(2)22(27)16-29-23(28)20-11-6-8-18(14-20)15-25-13-7-12-21(25)26/h3-6,8-11,14,17H,7,12-13,15-16H2,1-2H3. The molecular weight excluding hydrogens is 368 g/mol. The van der Waals surface area contributed by atoms with Crippen LogP contribution < -0.4 is 0 Å². The van der Waals surface area contributed by atoms with Crippen LogP contribution in [0.2, 0.25) is 0 Å². The van der Waals surface area contributed by atoms with Gasteiger partial charge in [-0.05, 0) is 36.6 Å². The maximum absolute atomic E-state index is 12.4. The lowest BCUT2D eigenvalue weighted by atomic mass is 10.1. The van der Waals surface area contributed by atoms with Crippen LogP contribution in [0.5, 0.6) is 0 Å². The second-order valence-corrected chi connectivity index (χ2v) is 7.29. The number of carbonyl (C=O) groups excluding carboxylic acids is 3. The van der Waals surface area contributed by atoms with E-state index >= 15 is 0 Å². The number of hydrogen-bond acceptors (Lipinski definition) is 4. The lowest BCUT2D eigenvalue weighted by Crippen LogP contribution is -2.33. The molecule has 0 radical (unpaired) electrons. The molecule has 0 bridgehead atoms. The van der Waals surface area contributed by atoms with Gasteiger partial charge in [0.15, 0.2) is 6.61 Å². The first-order chi connectivity index (χ1) is 14.0. The number of benzene rings is 2. The Hall–Kier alpha value is -3.15. The van der Waals surface area contributed by atoms with Crippen LogP contribution in [0, 0.1) is 0 Å². The molecule has 152 valence electrons. The molecule has 29 heavy (non-hydrogen) atoms. The van der Waals surface area contributed by atoms with Crippen LogP contribution >= 0.6 is 0 Å². The monoisotopic (exact) mass is 394 g/mol. The minimum atomic E-state index is -0.547. The average molecular weight is 394 g/mol. The van der Waals surface area contributed by atoms with Crippen LogP contribution in [0.25, 0.3) is 0 Å². The van der Waals surface area contributed by atoms with Crippen molar-refractivity contribution in [3.8, 4) is 0 Å². The molecule has 2 aromatic rings. The summed E-state index contributed by atoms with van der Waals surface area (Å²) in [5, 5.41) is 0. The van der Waals surface area contributed by atoms with Gasteiger partial charge < -0.3 is 14.5 Å². The van der Waals surface area contributed by atoms with Crippen molar-refractivity contribution in [2.75, 3.05) is 20.2 Å². The van der Waals surface area contributed by atoms with Crippen molar-refractivity contribution in [1.29, 1.82) is 0 Å². The molecule has 2 aromatic carbocycles. The van der Waals surface area contributed by atoms with Gasteiger partial charge in [-0.3, -0.25) is 9.59 Å². The number of carbonyl (C=O) groups is 3. The minimum absolute atomic E-state index is 0.122. The summed E-state index contributed by atoms with van der Waals surface area (Å²) in [6.45, 7) is 2.84. The topological polar surface area (TPSA) is 66.9 Å². The Balaban J connectivity index is 1.55. The zero-order chi connectivity index (χ0) is 20.8. The molecule has 0 spiro atoms. The van der Waals surface area contributed by atoms with E-state index in [0.717, 1.165) is 24.1 Å². The maximum atomic E-state index is 12.4. The lowest BCUT2D eigenvalue weighted by molar-refractivity contribution is -0.135. The van der Waals surface area contributed by atoms with Gasteiger partial charge in [0.1, 0.15) is 0 Å². The van der Waals surface area contributed by atoms with Crippen LogP contribution in [0.3, 0.4) is 0 Å². The summed E-state index contributed by atoms with van der Waals surface area (Å²) in [5.41, 5.74) is 2.26. The molecule has 6 nitrogen and oxygen atoms in total. The Morgan fingerprint density at radius 3 is 2.59 bits per heavy atom. The van der Waals surface area contributed by atoms with Crippen molar-refractivity contribution in [2.24, 2.45) is 0 Å². The number of ether oxygens (including phenoxy) is 1. The number of esters is 1. The first-order valence-corrected chi connectivity index (χ1v) is 9.80. The Bertz CT molecular complexity index is 881. The molecule has 3 rings (SSSR count). The van der Waals surface area contributed by atoms with Gasteiger partial charge >= 0.3 is 5.97 Å². The number of likely N-dealkylation sites (tertiary alicyclic amines) is 1. The van der Waals surface area contributed by atoms with Gasteiger partial charge in [-0.1, -0.05) is 42.5 Å². The molecule has 1 saturated heterocycles. The maximum Gasteiger partial charge on any atom is 0.338 e. The first kappa shape index (κ1) is 20.6. The van der Waals surface area contributed by atoms with Gasteiger partial charge in [-0.25, -0.2) is 4.79 Å². The van der Waals surface area contributed by atoms with E-state index in [1.165, 1.54) is 0 Å². The van der Waals surface area contributed by atoms with E-state index in [9.17, 15) is 14.4 Å². The third-order valence-electron chi connectivity index (χ3n) is 5.29. The smallest absolute Gasteiger partial charge is 0.338 e. The highest BCUT2D eigenvalue weighted by atomic mass is 16.5. The number of hydrogen-bond donors (Lipinski definition) is 0. The summed E-state index contributed by atoms with van der Waals surface area (Å²) in [7, 11) is 1.70. The van der Waals surface area contributed by atoms with Crippen LogP contribution in [-0.2, 0) is 20.9 Å². The largest absolute Gasteiger partial charge is 0.452 e. The fourth-order valence-electron chi connectivity index (χ4n) is 3.37. The molecule has 1 aliphatic rings. The van der Waals surface area contributed by atoms with E-state index in [2.05, 4.69) is 0 Å². The Morgan fingerprint density at radius 1 is 1.14 bits per heavy atom. The molecular formula is C23H26N2O4. The van der Waals surface area contributed by atoms with Crippen molar-refractivity contribution >= 4 is 17.8 Å². The second kappa shape index (κ2) is 9.37. The fourth-order valence-corrected chi connectivity index (χ4v) is 3.37. The van der Waals surface area contributed by atoms with Gasteiger partial charge in [0.2, 0.25) is 5.91 Å². The van der Waals surface area contributed by atoms with Crippen molar-refractivity contribution in [3.63, 3.8) is 0 Å². The highest BCUT2D eigenvalue weighted by Gasteiger charge is 2.21. The zero-order valence-corrected chi connectivity index (χ0v) is 16.8. The van der Waals surface area contributed by atoms with Gasteiger partial charge in [-0.15, -0.1) is 0 Å². The normalized spacial score (nSPS) is 14.6. The molecule has 2 amide bonds. The quantitative estimate of drug-likeness (QED) is 0.677. The number of rotatable bonds is 7. The molecule has 1 aliphatic heterocycles. The fraction of sp³-hybridized carbons (Fsp3) is 0.348. The number of nitrogens with zero attached hydrogens (tertiary/aromatic N) is 2. The van der Waals surface area contributed by atoms with Gasteiger partial charge in [0, 0.05) is 26.6 Å². The third-order valence-corrected chi connectivity index (χ3v) is 5.29. The lowest BCUT2D eigenvalue weighted by Gasteiger charge is -2.25. The summed E-state index contributed by atoms with van der Waals surface area (Å²) in [6.07, 6.45) is 1.45. The predicted octanol–water partition coefficient (Wildman–Crippen LogP) is 3.19. The molecule has 6 heteroatoms. The van der Waals surface area contributed by atoms with Crippen molar-refractivity contribution in [2.45, 2.75) is 32.4 Å². The predicted molar refractivity (Wildman–Crippen MR) is 109 cm³/mol. The number of amides is 2. The van der Waals surface area contributed by atoms with E-state index < -0.39 is 5.97 Å². The van der Waals surface area contributed by atoms with Crippen molar-refractivity contribution in [3.05, 3.63) is 71.3 Å². The highest BCUT2D eigenvalue weighted by molar-refractivity contribution is 5.91. The molecule has 1 atom stereocenters. The summed E-state index contributed by atoms with van der Waals surface area (Å²) in [4.78, 5) is 40.0. The molecule has 1 fully saturated rings. The van der Waals surface area contributed by atoms with E-state index in [0.29, 0.717) is 18.5 Å². The van der Waals surface area contributed by atoms with E-state index in [-0.39, 0.29) is 24.5 Å². The molecule has 0 aliphatic carbocycles. The summed E-state index contributed by atoms with van der Waals surface area (Å²) >= 11 is 0. The zero-order valence-electron chi connectivity index (χ0n) is 16.8. The summed E-state index contributed by atoms with van der Waals surface area (Å²) in [5.74, 6) is -0.679. The average Bonchev–Trinajstić information content (AvgIpc) is 3.15. The van der Waals surface area contributed by atoms with Crippen LogP contribution in [-0.4, -0.2) is 47.8 Å². The number of likely N-dealkylation sites (N-methyl/N-ethyl adjacent to an activating group) is 1. The van der Waals surface area contributed by atoms with Crippen LogP contribution in [0.1, 0.15) is 47.3 Å². The second-order valence-electron chi connectivity index (χ2n) is 7.29. The van der Waals surface area contributed by atoms with E-state index in [1.807, 2.05) is 43.3 Å². The highest BCUT2D eigenvalue weighted by Crippen LogP contribution is 2.19. The summed E-state index contributed by atoms with van der Waals surface area (Å²) < 4.78 is 5.23. The van der Waals surface area contributed by atoms with Crippen molar-refractivity contribution in [1.82, 2.24) is 9.80 Å². The third kappa shape index (κ3) is 5.22. The van der Waals surface area contributed by atoms with Gasteiger partial charge in [0.25, 0.3) is 5.91 Å². The molecule has 1 heterocycles. The molecule has 0 N–H and O–H groups in total. The van der Waals surface area contributed by atoms with Crippen LogP contribution in [0.4, 0.5) is 0 Å². The Labute approximate surface area is 171 Å².